The SMILES string of the molecule is CN(C)CCc1ccc(NC(=O)C2CC=CCC2c2nc3ccccc3s2)cc1. The Morgan fingerprint density at radius 3 is 2.62 bits per heavy atom. The molecule has 150 valence electrons. The quantitative estimate of drug-likeness (QED) is 0.581. The lowest BCUT2D eigenvalue weighted by Gasteiger charge is -2.26. The minimum Gasteiger partial charge on any atom is -0.326 e. The van der Waals surface area contributed by atoms with Gasteiger partial charge >= 0.3 is 0 Å². The fourth-order valence-electron chi connectivity index (χ4n) is 3.77. The summed E-state index contributed by atoms with van der Waals surface area (Å²) in [5.74, 6) is 0.130. The molecule has 0 saturated carbocycles. The summed E-state index contributed by atoms with van der Waals surface area (Å²) in [6.07, 6.45) is 6.93. The second-order valence-corrected chi connectivity index (χ2v) is 8.98. The summed E-state index contributed by atoms with van der Waals surface area (Å²) in [4.78, 5) is 20.1. The number of aromatic nitrogens is 1. The monoisotopic (exact) mass is 405 g/mol. The average Bonchev–Trinajstić information content (AvgIpc) is 3.17. The zero-order valence-electron chi connectivity index (χ0n) is 17.0. The van der Waals surface area contributed by atoms with Crippen molar-refractivity contribution in [3.8, 4) is 0 Å². The molecule has 5 heteroatoms. The van der Waals surface area contributed by atoms with E-state index in [4.69, 9.17) is 4.98 Å². The topological polar surface area (TPSA) is 45.2 Å². The molecule has 1 amide bonds. The van der Waals surface area contributed by atoms with E-state index < -0.39 is 0 Å². The molecule has 2 aromatic carbocycles. The lowest BCUT2D eigenvalue weighted by molar-refractivity contribution is -0.120. The minimum atomic E-state index is -0.0889. The molecule has 4 rings (SSSR count). The molecule has 1 aromatic heterocycles. The number of nitrogens with one attached hydrogen (secondary N) is 1. The fraction of sp³-hybridized carbons (Fsp3) is 0.333. The summed E-state index contributed by atoms with van der Waals surface area (Å²) in [5, 5.41) is 4.20. The van der Waals surface area contributed by atoms with Crippen molar-refractivity contribution in [2.45, 2.75) is 25.2 Å². The third-order valence-corrected chi connectivity index (χ3v) is 6.63. The highest BCUT2D eigenvalue weighted by Crippen LogP contribution is 2.39. The Bertz CT molecular complexity index is 973. The number of nitrogens with zero attached hydrogens (tertiary/aromatic N) is 2. The van der Waals surface area contributed by atoms with E-state index in [-0.39, 0.29) is 17.7 Å². The molecule has 0 spiro atoms. The van der Waals surface area contributed by atoms with E-state index in [1.807, 2.05) is 30.3 Å². The first-order valence-corrected chi connectivity index (χ1v) is 11.0. The van der Waals surface area contributed by atoms with Crippen LogP contribution in [-0.4, -0.2) is 36.4 Å². The van der Waals surface area contributed by atoms with Gasteiger partial charge in [0, 0.05) is 18.2 Å². The van der Waals surface area contributed by atoms with Gasteiger partial charge in [-0.15, -0.1) is 11.3 Å². The molecular weight excluding hydrogens is 378 g/mol. The van der Waals surface area contributed by atoms with Crippen LogP contribution in [0.25, 0.3) is 10.2 Å². The molecule has 1 N–H and O–H groups in total. The number of allylic oxidation sites excluding steroid dienone is 2. The van der Waals surface area contributed by atoms with Crippen LogP contribution in [-0.2, 0) is 11.2 Å². The van der Waals surface area contributed by atoms with Crippen molar-refractivity contribution < 1.29 is 4.79 Å². The van der Waals surface area contributed by atoms with Crippen molar-refractivity contribution in [1.29, 1.82) is 0 Å². The molecule has 0 fully saturated rings. The third kappa shape index (κ3) is 4.74. The number of carbonyl (C=O) groups excluding carboxylic acids is 1. The van der Waals surface area contributed by atoms with Crippen LogP contribution in [0.15, 0.2) is 60.7 Å². The summed E-state index contributed by atoms with van der Waals surface area (Å²) in [6.45, 7) is 1.02. The summed E-state index contributed by atoms with van der Waals surface area (Å²) in [5.41, 5.74) is 3.17. The first-order chi connectivity index (χ1) is 14.1. The molecule has 1 heterocycles. The highest BCUT2D eigenvalue weighted by Gasteiger charge is 2.32. The van der Waals surface area contributed by atoms with Crippen LogP contribution in [0.1, 0.15) is 29.3 Å². The molecule has 0 saturated heterocycles. The summed E-state index contributed by atoms with van der Waals surface area (Å²) in [6, 6.07) is 16.4. The number of carbonyl (C=O) groups is 1. The second-order valence-electron chi connectivity index (χ2n) is 7.92. The van der Waals surface area contributed by atoms with Gasteiger partial charge in [0.05, 0.1) is 21.1 Å². The fourth-order valence-corrected chi connectivity index (χ4v) is 4.91. The molecule has 2 atom stereocenters. The maximum Gasteiger partial charge on any atom is 0.228 e. The van der Waals surface area contributed by atoms with Crippen LogP contribution in [0, 0.1) is 5.92 Å². The van der Waals surface area contributed by atoms with E-state index in [2.05, 4.69) is 54.7 Å². The predicted octanol–water partition coefficient (Wildman–Crippen LogP) is 5.09. The van der Waals surface area contributed by atoms with E-state index in [0.29, 0.717) is 0 Å². The third-order valence-electron chi connectivity index (χ3n) is 5.47. The maximum absolute atomic E-state index is 13.1. The van der Waals surface area contributed by atoms with E-state index in [0.717, 1.165) is 42.0 Å². The summed E-state index contributed by atoms with van der Waals surface area (Å²) in [7, 11) is 4.16. The van der Waals surface area contributed by atoms with Crippen molar-refractivity contribution in [1.82, 2.24) is 9.88 Å². The van der Waals surface area contributed by atoms with E-state index >= 15 is 0 Å². The molecule has 1 aliphatic rings. The normalized spacial score (nSPS) is 19.0. The van der Waals surface area contributed by atoms with Gasteiger partial charge in [0.1, 0.15) is 0 Å². The van der Waals surface area contributed by atoms with Crippen LogP contribution >= 0.6 is 11.3 Å². The lowest BCUT2D eigenvalue weighted by atomic mass is 9.82. The van der Waals surface area contributed by atoms with Gasteiger partial charge in [-0.1, -0.05) is 36.4 Å². The Kier molecular flexibility index (Phi) is 6.07. The van der Waals surface area contributed by atoms with Crippen LogP contribution in [0.2, 0.25) is 0 Å². The number of para-hydroxylation sites is 1. The number of hydrogen-bond donors (Lipinski definition) is 1. The van der Waals surface area contributed by atoms with Gasteiger partial charge in [-0.3, -0.25) is 4.79 Å². The van der Waals surface area contributed by atoms with E-state index in [1.54, 1.807) is 11.3 Å². The number of fused-ring (bicyclic) bond motifs is 1. The van der Waals surface area contributed by atoms with Crippen molar-refractivity contribution in [3.05, 3.63) is 71.3 Å². The molecular formula is C24H27N3OS. The van der Waals surface area contributed by atoms with Crippen LogP contribution in [0.4, 0.5) is 5.69 Å². The molecule has 0 aliphatic heterocycles. The van der Waals surface area contributed by atoms with Gasteiger partial charge < -0.3 is 10.2 Å². The highest BCUT2D eigenvalue weighted by molar-refractivity contribution is 7.18. The zero-order valence-corrected chi connectivity index (χ0v) is 17.8. The smallest absolute Gasteiger partial charge is 0.228 e. The van der Waals surface area contributed by atoms with Gasteiger partial charge in [-0.05, 0) is 63.2 Å². The zero-order chi connectivity index (χ0) is 20.2. The number of amides is 1. The average molecular weight is 406 g/mol. The minimum absolute atomic E-state index is 0.0830. The summed E-state index contributed by atoms with van der Waals surface area (Å²) >= 11 is 1.71. The number of benzene rings is 2. The molecule has 1 aliphatic carbocycles. The predicted molar refractivity (Wildman–Crippen MR) is 122 cm³/mol. The van der Waals surface area contributed by atoms with E-state index in [9.17, 15) is 4.79 Å². The van der Waals surface area contributed by atoms with Gasteiger partial charge in [0.15, 0.2) is 0 Å². The molecule has 4 nitrogen and oxygen atoms in total. The van der Waals surface area contributed by atoms with E-state index in [1.165, 1.54) is 10.3 Å². The lowest BCUT2D eigenvalue weighted by Crippen LogP contribution is -2.29. The largest absolute Gasteiger partial charge is 0.326 e. The Hall–Kier alpha value is -2.50. The van der Waals surface area contributed by atoms with Gasteiger partial charge in [-0.2, -0.15) is 0 Å². The number of likely N-dealkylation sites (N-methyl/N-ethyl adjacent to an activating group) is 1. The number of anilines is 1. The van der Waals surface area contributed by atoms with Crippen molar-refractivity contribution in [2.24, 2.45) is 5.92 Å². The molecule has 2 unspecified atom stereocenters. The number of rotatable bonds is 6. The Morgan fingerprint density at radius 1 is 1.10 bits per heavy atom. The Labute approximate surface area is 176 Å². The van der Waals surface area contributed by atoms with Gasteiger partial charge in [0.25, 0.3) is 0 Å². The standard InChI is InChI=1S/C24H27N3OS/c1-27(2)16-15-17-11-13-18(14-12-17)25-23(28)19-7-3-4-8-20(19)24-26-21-9-5-6-10-22(21)29-24/h3-6,9-14,19-20H,7-8,15-16H2,1-2H3,(H,25,28). The van der Waals surface area contributed by atoms with Crippen LogP contribution < -0.4 is 5.32 Å². The molecule has 3 aromatic rings. The van der Waals surface area contributed by atoms with Gasteiger partial charge in [0.2, 0.25) is 5.91 Å². The number of thiazole rings is 1. The van der Waals surface area contributed by atoms with Crippen molar-refractivity contribution in [2.75, 3.05) is 26.0 Å². The second kappa shape index (κ2) is 8.89. The first kappa shape index (κ1) is 19.8. The van der Waals surface area contributed by atoms with Crippen LogP contribution in [0.5, 0.6) is 0 Å². The van der Waals surface area contributed by atoms with Gasteiger partial charge in [-0.25, -0.2) is 4.98 Å². The first-order valence-electron chi connectivity index (χ1n) is 10.1. The Balaban J connectivity index is 1.47. The molecule has 29 heavy (non-hydrogen) atoms. The van der Waals surface area contributed by atoms with Crippen molar-refractivity contribution >= 4 is 33.1 Å². The summed E-state index contributed by atoms with van der Waals surface area (Å²) < 4.78 is 1.18. The number of hydrogen-bond acceptors (Lipinski definition) is 4. The molecule has 0 bridgehead atoms. The molecule has 0 radical (unpaired) electrons. The maximum atomic E-state index is 13.1. The van der Waals surface area contributed by atoms with Crippen LogP contribution in [0.3, 0.4) is 0 Å². The Morgan fingerprint density at radius 2 is 1.86 bits per heavy atom. The highest BCUT2D eigenvalue weighted by atomic mass is 32.1. The van der Waals surface area contributed by atoms with Crippen molar-refractivity contribution in [3.63, 3.8) is 0 Å².